The molecular formula is C17H19NO. The predicted octanol–water partition coefficient (Wildman–Crippen LogP) is 3.95. The molecule has 98 valence electrons. The van der Waals surface area contributed by atoms with E-state index in [2.05, 4.69) is 0 Å². The van der Waals surface area contributed by atoms with Crippen LogP contribution in [0.1, 0.15) is 40.7 Å². The van der Waals surface area contributed by atoms with Crippen LogP contribution in [0.4, 0.5) is 5.69 Å². The summed E-state index contributed by atoms with van der Waals surface area (Å²) in [5, 5.41) is 0. The van der Waals surface area contributed by atoms with Crippen LogP contribution in [0.25, 0.3) is 0 Å². The Morgan fingerprint density at radius 2 is 1.63 bits per heavy atom. The van der Waals surface area contributed by atoms with Crippen LogP contribution in [-0.4, -0.2) is 5.78 Å². The number of nitrogens with two attached hydrogens (primary N) is 1. The van der Waals surface area contributed by atoms with Gasteiger partial charge >= 0.3 is 0 Å². The number of benzene rings is 2. The van der Waals surface area contributed by atoms with Crippen LogP contribution in [0.3, 0.4) is 0 Å². The zero-order valence-electron chi connectivity index (χ0n) is 11.4. The van der Waals surface area contributed by atoms with E-state index < -0.39 is 0 Å². The van der Waals surface area contributed by atoms with Gasteiger partial charge in [-0.2, -0.15) is 0 Å². The summed E-state index contributed by atoms with van der Waals surface area (Å²) in [6.45, 7) is 4.05. The van der Waals surface area contributed by atoms with Crippen LogP contribution in [0.15, 0.2) is 48.5 Å². The average Bonchev–Trinajstić information content (AvgIpc) is 2.42. The number of carbonyl (C=O) groups is 1. The highest BCUT2D eigenvalue weighted by molar-refractivity contribution is 6.01. The second-order valence-corrected chi connectivity index (χ2v) is 4.86. The molecule has 0 bridgehead atoms. The number of rotatable bonds is 4. The fourth-order valence-electron chi connectivity index (χ4n) is 2.22. The van der Waals surface area contributed by atoms with E-state index in [0.717, 1.165) is 28.8 Å². The van der Waals surface area contributed by atoms with Gasteiger partial charge in [0.1, 0.15) is 0 Å². The molecule has 0 aromatic heterocycles. The third-order valence-corrected chi connectivity index (χ3v) is 3.40. The lowest BCUT2D eigenvalue weighted by Crippen LogP contribution is -2.12. The van der Waals surface area contributed by atoms with Gasteiger partial charge in [-0.05, 0) is 31.0 Å². The molecule has 2 nitrogen and oxygen atoms in total. The third kappa shape index (κ3) is 3.02. The van der Waals surface area contributed by atoms with E-state index in [9.17, 15) is 4.79 Å². The molecule has 0 amide bonds. The molecule has 0 heterocycles. The summed E-state index contributed by atoms with van der Waals surface area (Å²) >= 11 is 0. The molecule has 0 aliphatic rings. The fourth-order valence-corrected chi connectivity index (χ4v) is 2.22. The Morgan fingerprint density at radius 1 is 1.05 bits per heavy atom. The minimum Gasteiger partial charge on any atom is -0.399 e. The number of nitrogen functional groups attached to an aromatic ring is 1. The lowest BCUT2D eigenvalue weighted by atomic mass is 9.88. The van der Waals surface area contributed by atoms with Gasteiger partial charge in [0.25, 0.3) is 0 Å². The van der Waals surface area contributed by atoms with Crippen molar-refractivity contribution in [1.29, 1.82) is 0 Å². The molecule has 2 aromatic rings. The van der Waals surface area contributed by atoms with E-state index in [-0.39, 0.29) is 11.7 Å². The van der Waals surface area contributed by atoms with E-state index in [4.69, 9.17) is 5.73 Å². The maximum absolute atomic E-state index is 12.5. The monoisotopic (exact) mass is 253 g/mol. The normalized spacial score (nSPS) is 12.1. The standard InChI is InChI=1S/C17H19NO/c1-3-16(13-8-10-15(18)11-9-13)17(19)14-6-4-12(2)5-7-14/h4-11,16H,3,18H2,1-2H3/t16-/m1/s1. The van der Waals surface area contributed by atoms with Crippen molar-refractivity contribution in [3.05, 3.63) is 65.2 Å². The topological polar surface area (TPSA) is 43.1 Å². The first-order valence-corrected chi connectivity index (χ1v) is 6.58. The molecule has 2 heteroatoms. The molecule has 0 unspecified atom stereocenters. The maximum Gasteiger partial charge on any atom is 0.170 e. The van der Waals surface area contributed by atoms with E-state index in [1.807, 2.05) is 62.4 Å². The van der Waals surface area contributed by atoms with Crippen molar-refractivity contribution in [2.24, 2.45) is 0 Å². The summed E-state index contributed by atoms with van der Waals surface area (Å²) in [4.78, 5) is 12.5. The van der Waals surface area contributed by atoms with Gasteiger partial charge in [-0.1, -0.05) is 48.9 Å². The van der Waals surface area contributed by atoms with Gasteiger partial charge in [0.05, 0.1) is 0 Å². The molecule has 19 heavy (non-hydrogen) atoms. The summed E-state index contributed by atoms with van der Waals surface area (Å²) in [6, 6.07) is 15.3. The molecule has 2 N–H and O–H groups in total. The van der Waals surface area contributed by atoms with Crippen LogP contribution < -0.4 is 5.73 Å². The van der Waals surface area contributed by atoms with E-state index in [0.29, 0.717) is 0 Å². The highest BCUT2D eigenvalue weighted by atomic mass is 16.1. The summed E-state index contributed by atoms with van der Waals surface area (Å²) < 4.78 is 0. The van der Waals surface area contributed by atoms with Gasteiger partial charge in [0.15, 0.2) is 5.78 Å². The SMILES string of the molecule is CC[C@@H](C(=O)c1ccc(C)cc1)c1ccc(N)cc1. The molecule has 2 aromatic carbocycles. The van der Waals surface area contributed by atoms with Crippen LogP contribution in [0.2, 0.25) is 0 Å². The third-order valence-electron chi connectivity index (χ3n) is 3.40. The second-order valence-electron chi connectivity index (χ2n) is 4.86. The van der Waals surface area contributed by atoms with Gasteiger partial charge in [0.2, 0.25) is 0 Å². The van der Waals surface area contributed by atoms with E-state index in [1.54, 1.807) is 0 Å². The number of anilines is 1. The minimum atomic E-state index is -0.0942. The minimum absolute atomic E-state index is 0.0942. The number of Topliss-reactive ketones (excluding diaryl/α,β-unsaturated/α-hetero) is 1. The van der Waals surface area contributed by atoms with Crippen molar-refractivity contribution in [3.8, 4) is 0 Å². The van der Waals surface area contributed by atoms with Gasteiger partial charge in [-0.3, -0.25) is 4.79 Å². The van der Waals surface area contributed by atoms with Crippen molar-refractivity contribution < 1.29 is 4.79 Å². The lowest BCUT2D eigenvalue weighted by Gasteiger charge is -2.14. The molecule has 0 saturated heterocycles. The Hall–Kier alpha value is -2.09. The Kier molecular flexibility index (Phi) is 4.00. The van der Waals surface area contributed by atoms with Crippen LogP contribution in [-0.2, 0) is 0 Å². The molecule has 0 aliphatic heterocycles. The fraction of sp³-hybridized carbons (Fsp3) is 0.235. The van der Waals surface area contributed by atoms with Gasteiger partial charge in [-0.25, -0.2) is 0 Å². The first-order valence-electron chi connectivity index (χ1n) is 6.58. The predicted molar refractivity (Wildman–Crippen MR) is 79.4 cm³/mol. The number of ketones is 1. The van der Waals surface area contributed by atoms with E-state index >= 15 is 0 Å². The molecule has 0 fully saturated rings. The molecular weight excluding hydrogens is 234 g/mol. The highest BCUT2D eigenvalue weighted by Crippen LogP contribution is 2.25. The molecule has 2 rings (SSSR count). The van der Waals surface area contributed by atoms with Crippen molar-refractivity contribution in [1.82, 2.24) is 0 Å². The number of carbonyl (C=O) groups excluding carboxylic acids is 1. The first-order chi connectivity index (χ1) is 9.11. The number of hydrogen-bond donors (Lipinski definition) is 1. The van der Waals surface area contributed by atoms with Gasteiger partial charge in [-0.15, -0.1) is 0 Å². The Balaban J connectivity index is 2.29. The van der Waals surface area contributed by atoms with Crippen LogP contribution in [0, 0.1) is 6.92 Å². The maximum atomic E-state index is 12.5. The second kappa shape index (κ2) is 5.70. The average molecular weight is 253 g/mol. The first kappa shape index (κ1) is 13.3. The molecule has 0 spiro atoms. The van der Waals surface area contributed by atoms with E-state index in [1.165, 1.54) is 0 Å². The quantitative estimate of drug-likeness (QED) is 0.662. The summed E-state index contributed by atoms with van der Waals surface area (Å²) in [5.74, 6) is 0.0792. The Labute approximate surface area is 114 Å². The summed E-state index contributed by atoms with van der Waals surface area (Å²) in [7, 11) is 0. The Bertz CT molecular complexity index is 555. The Morgan fingerprint density at radius 3 is 2.16 bits per heavy atom. The van der Waals surface area contributed by atoms with Crippen molar-refractivity contribution >= 4 is 11.5 Å². The van der Waals surface area contributed by atoms with Gasteiger partial charge in [0, 0.05) is 17.2 Å². The molecule has 1 atom stereocenters. The largest absolute Gasteiger partial charge is 0.399 e. The molecule has 0 radical (unpaired) electrons. The van der Waals surface area contributed by atoms with Crippen LogP contribution >= 0.6 is 0 Å². The van der Waals surface area contributed by atoms with Crippen LogP contribution in [0.5, 0.6) is 0 Å². The van der Waals surface area contributed by atoms with Gasteiger partial charge < -0.3 is 5.73 Å². The highest BCUT2D eigenvalue weighted by Gasteiger charge is 2.19. The molecule has 0 saturated carbocycles. The molecule has 0 aliphatic carbocycles. The smallest absolute Gasteiger partial charge is 0.170 e. The summed E-state index contributed by atoms with van der Waals surface area (Å²) in [5.41, 5.74) is 9.38. The summed E-state index contributed by atoms with van der Waals surface area (Å²) in [6.07, 6.45) is 0.788. The number of aryl methyl sites for hydroxylation is 1. The zero-order valence-corrected chi connectivity index (χ0v) is 11.4. The van der Waals surface area contributed by atoms with Crippen molar-refractivity contribution in [2.45, 2.75) is 26.2 Å². The lowest BCUT2D eigenvalue weighted by molar-refractivity contribution is 0.0957. The van der Waals surface area contributed by atoms with Crippen molar-refractivity contribution in [2.75, 3.05) is 5.73 Å². The zero-order chi connectivity index (χ0) is 13.8. The number of hydrogen-bond acceptors (Lipinski definition) is 2. The van der Waals surface area contributed by atoms with Crippen molar-refractivity contribution in [3.63, 3.8) is 0 Å².